The maximum absolute atomic E-state index is 12.0. The van der Waals surface area contributed by atoms with E-state index >= 15 is 0 Å². The summed E-state index contributed by atoms with van der Waals surface area (Å²) in [5.41, 5.74) is 0.145. The van der Waals surface area contributed by atoms with Crippen molar-refractivity contribution in [2.75, 3.05) is 6.54 Å². The van der Waals surface area contributed by atoms with Gasteiger partial charge in [-0.3, -0.25) is 9.59 Å². The van der Waals surface area contributed by atoms with E-state index in [1.807, 2.05) is 0 Å². The van der Waals surface area contributed by atoms with Crippen LogP contribution < -0.4 is 5.32 Å². The van der Waals surface area contributed by atoms with Gasteiger partial charge in [0, 0.05) is 6.42 Å². The lowest BCUT2D eigenvalue weighted by Crippen LogP contribution is -2.58. The smallest absolute Gasteiger partial charge is 0.322 e. The topological polar surface area (TPSA) is 107 Å². The van der Waals surface area contributed by atoms with Crippen molar-refractivity contribution < 1.29 is 24.9 Å². The lowest BCUT2D eigenvalue weighted by atomic mass is 9.43. The highest BCUT2D eigenvalue weighted by atomic mass is 16.4. The summed E-state index contributed by atoms with van der Waals surface area (Å²) >= 11 is 0. The highest BCUT2D eigenvalue weighted by Gasteiger charge is 2.63. The summed E-state index contributed by atoms with van der Waals surface area (Å²) in [7, 11) is 0. The highest BCUT2D eigenvalue weighted by Crippen LogP contribution is 2.68. The van der Waals surface area contributed by atoms with Crippen molar-refractivity contribution in [3.05, 3.63) is 0 Å². The maximum atomic E-state index is 12.0. The molecule has 6 heteroatoms. The molecule has 6 nitrogen and oxygen atoms in total. The zero-order valence-corrected chi connectivity index (χ0v) is 20.1. The number of rotatable bonds is 6. The number of hydrogen-bond donors (Lipinski definition) is 4. The first kappa shape index (κ1) is 24.0. The first-order valence-electron chi connectivity index (χ1n) is 12.9. The first-order chi connectivity index (χ1) is 15.1. The number of aliphatic hydroxyl groups is 2. The molecule has 0 spiro atoms. The van der Waals surface area contributed by atoms with Gasteiger partial charge in [-0.1, -0.05) is 20.8 Å². The van der Waals surface area contributed by atoms with Gasteiger partial charge in [0.05, 0.1) is 12.2 Å². The number of aliphatic carboxylic acids is 1. The van der Waals surface area contributed by atoms with Crippen LogP contribution in [0.2, 0.25) is 0 Å². The zero-order chi connectivity index (χ0) is 23.3. The number of carbonyl (C=O) groups excluding carboxylic acids is 1. The van der Waals surface area contributed by atoms with Gasteiger partial charge >= 0.3 is 5.97 Å². The maximum Gasteiger partial charge on any atom is 0.322 e. The Bertz CT molecular complexity index is 727. The predicted octanol–water partition coefficient (Wildman–Crippen LogP) is 3.59. The molecule has 0 aromatic carbocycles. The Labute approximate surface area is 192 Å². The van der Waals surface area contributed by atoms with Gasteiger partial charge in [0.15, 0.2) is 0 Å². The van der Waals surface area contributed by atoms with Gasteiger partial charge < -0.3 is 20.6 Å². The summed E-state index contributed by atoms with van der Waals surface area (Å²) < 4.78 is 0. The Hall–Kier alpha value is -1.14. The van der Waals surface area contributed by atoms with Gasteiger partial charge in [-0.2, -0.15) is 0 Å². The van der Waals surface area contributed by atoms with E-state index in [9.17, 15) is 19.8 Å². The zero-order valence-electron chi connectivity index (χ0n) is 20.1. The van der Waals surface area contributed by atoms with Crippen molar-refractivity contribution in [2.45, 2.75) is 97.2 Å². The minimum Gasteiger partial charge on any atom is -0.480 e. The van der Waals surface area contributed by atoms with E-state index in [-0.39, 0.29) is 35.5 Å². The fraction of sp³-hybridized carbons (Fsp3) is 0.923. The number of aliphatic hydroxyl groups excluding tert-OH is 2. The molecule has 0 aromatic heterocycles. The van der Waals surface area contributed by atoms with Crippen molar-refractivity contribution in [1.29, 1.82) is 0 Å². The number of carboxylic acid groups (broad SMARTS) is 1. The molecule has 0 saturated heterocycles. The van der Waals surface area contributed by atoms with Crippen LogP contribution in [0, 0.1) is 46.3 Å². The lowest BCUT2D eigenvalue weighted by molar-refractivity contribution is -0.175. The molecule has 182 valence electrons. The van der Waals surface area contributed by atoms with Gasteiger partial charge in [-0.25, -0.2) is 0 Å². The third kappa shape index (κ3) is 4.00. The van der Waals surface area contributed by atoms with Crippen LogP contribution >= 0.6 is 0 Å². The molecule has 1 unspecified atom stereocenters. The quantitative estimate of drug-likeness (QED) is 0.496. The summed E-state index contributed by atoms with van der Waals surface area (Å²) in [6, 6.07) is 0. The molecule has 10 atom stereocenters. The fourth-order valence-electron chi connectivity index (χ4n) is 8.98. The Balaban J connectivity index is 1.45. The second-order valence-electron chi connectivity index (χ2n) is 12.1. The summed E-state index contributed by atoms with van der Waals surface area (Å²) in [6.45, 7) is 6.65. The normalized spacial score (nSPS) is 46.5. The molecule has 0 bridgehead atoms. The Morgan fingerprint density at radius 3 is 2.50 bits per heavy atom. The Morgan fingerprint density at radius 1 is 1.03 bits per heavy atom. The second kappa shape index (κ2) is 8.90. The van der Waals surface area contributed by atoms with E-state index in [0.29, 0.717) is 41.9 Å². The molecular weight excluding hydrogens is 406 g/mol. The molecule has 0 radical (unpaired) electrons. The van der Waals surface area contributed by atoms with Gasteiger partial charge in [0.25, 0.3) is 0 Å². The van der Waals surface area contributed by atoms with Crippen molar-refractivity contribution in [2.24, 2.45) is 46.3 Å². The molecule has 4 aliphatic carbocycles. The van der Waals surface area contributed by atoms with Crippen LogP contribution in [0.4, 0.5) is 0 Å². The van der Waals surface area contributed by atoms with E-state index in [1.165, 1.54) is 12.8 Å². The average Bonchev–Trinajstić information content (AvgIpc) is 3.10. The van der Waals surface area contributed by atoms with E-state index in [0.717, 1.165) is 44.9 Å². The van der Waals surface area contributed by atoms with Gasteiger partial charge in [0.1, 0.15) is 6.54 Å². The van der Waals surface area contributed by atoms with Gasteiger partial charge in [-0.15, -0.1) is 0 Å². The number of carbonyl (C=O) groups is 2. The first-order valence-corrected chi connectivity index (χ1v) is 12.9. The van der Waals surface area contributed by atoms with E-state index in [4.69, 9.17) is 5.11 Å². The lowest BCUT2D eigenvalue weighted by Gasteiger charge is -2.62. The predicted molar refractivity (Wildman–Crippen MR) is 122 cm³/mol. The summed E-state index contributed by atoms with van der Waals surface area (Å²) in [5.74, 6) is 1.84. The van der Waals surface area contributed by atoms with Crippen LogP contribution in [0.3, 0.4) is 0 Å². The van der Waals surface area contributed by atoms with Crippen LogP contribution in [0.1, 0.15) is 85.0 Å². The monoisotopic (exact) mass is 449 g/mol. The van der Waals surface area contributed by atoms with Crippen LogP contribution in [0.5, 0.6) is 0 Å². The summed E-state index contributed by atoms with van der Waals surface area (Å²) in [6.07, 6.45) is 9.12. The van der Waals surface area contributed by atoms with Crippen molar-refractivity contribution in [3.63, 3.8) is 0 Å². The van der Waals surface area contributed by atoms with Crippen molar-refractivity contribution in [3.8, 4) is 0 Å². The van der Waals surface area contributed by atoms with E-state index in [2.05, 4.69) is 26.1 Å². The molecule has 0 aliphatic heterocycles. The highest BCUT2D eigenvalue weighted by molar-refractivity contribution is 5.81. The third-order valence-corrected chi connectivity index (χ3v) is 10.8. The largest absolute Gasteiger partial charge is 0.480 e. The van der Waals surface area contributed by atoms with Crippen LogP contribution in [-0.2, 0) is 9.59 Å². The molecule has 0 aromatic rings. The molecular formula is C26H43NO5. The number of nitrogens with one attached hydrogen (secondary N) is 1. The number of hydrogen-bond acceptors (Lipinski definition) is 4. The minimum atomic E-state index is -1.02. The van der Waals surface area contributed by atoms with Crippen LogP contribution in [-0.4, -0.2) is 45.9 Å². The molecule has 32 heavy (non-hydrogen) atoms. The minimum absolute atomic E-state index is 0.102. The van der Waals surface area contributed by atoms with Crippen LogP contribution in [0.25, 0.3) is 0 Å². The molecule has 4 aliphatic rings. The number of fused-ring (bicyclic) bond motifs is 5. The van der Waals surface area contributed by atoms with Gasteiger partial charge in [0.2, 0.25) is 5.91 Å². The summed E-state index contributed by atoms with van der Waals surface area (Å²) in [5, 5.41) is 33.0. The van der Waals surface area contributed by atoms with Gasteiger partial charge in [-0.05, 0) is 104 Å². The Morgan fingerprint density at radius 2 is 1.78 bits per heavy atom. The third-order valence-electron chi connectivity index (χ3n) is 10.8. The van der Waals surface area contributed by atoms with Crippen molar-refractivity contribution >= 4 is 11.9 Å². The number of carboxylic acids is 1. The number of amides is 1. The standard InChI is InChI=1S/C26H43NO5/c1-15(4-9-23(30)27-14-24(31)32)19-7-8-20-18-6-5-16-12-17(28)10-11-25(16,2)21(18)13-22(29)26(19,20)3/h15-22,28-29H,4-14H2,1-3H3,(H,27,30)(H,31,32)/t15-,16?,17-,18+,19-,20+,21+,22+,25+,26-/m0/s1. The van der Waals surface area contributed by atoms with E-state index in [1.54, 1.807) is 0 Å². The van der Waals surface area contributed by atoms with E-state index < -0.39 is 5.97 Å². The summed E-state index contributed by atoms with van der Waals surface area (Å²) in [4.78, 5) is 22.7. The average molecular weight is 450 g/mol. The SMILES string of the molecule is C[C@@H](CCC(=O)NCC(=O)O)[C@@H]1CC[C@@H]2[C@H]3CCC4C[C@@H](O)CC[C@@]4(C)[C@@H]3C[C@@H](O)[C@]21C. The Kier molecular flexibility index (Phi) is 6.68. The molecule has 4 rings (SSSR count). The molecule has 4 N–H and O–H groups in total. The fourth-order valence-corrected chi connectivity index (χ4v) is 8.98. The second-order valence-corrected chi connectivity index (χ2v) is 12.1. The van der Waals surface area contributed by atoms with Crippen molar-refractivity contribution in [1.82, 2.24) is 5.32 Å². The molecule has 1 amide bonds. The molecule has 4 saturated carbocycles. The molecule has 4 fully saturated rings. The van der Waals surface area contributed by atoms with Crippen LogP contribution in [0.15, 0.2) is 0 Å². The molecule has 0 heterocycles.